The van der Waals surface area contributed by atoms with Crippen LogP contribution in [0.25, 0.3) is 10.9 Å². The lowest BCUT2D eigenvalue weighted by Gasteiger charge is -2.34. The number of piperidine rings is 1. The number of hydrogen-bond donors (Lipinski definition) is 0. The van der Waals surface area contributed by atoms with Crippen molar-refractivity contribution in [2.24, 2.45) is 5.92 Å². The van der Waals surface area contributed by atoms with Gasteiger partial charge in [0.2, 0.25) is 0 Å². The monoisotopic (exact) mass is 294 g/mol. The number of benzene rings is 1. The molecule has 1 fully saturated rings. The molecule has 6 nitrogen and oxygen atoms in total. The first kappa shape index (κ1) is 13.2. The van der Waals surface area contributed by atoms with E-state index in [0.717, 1.165) is 36.4 Å². The van der Waals surface area contributed by atoms with Gasteiger partial charge < -0.3 is 4.90 Å². The van der Waals surface area contributed by atoms with Crippen molar-refractivity contribution in [3.05, 3.63) is 43.2 Å². The smallest absolute Gasteiger partial charge is 0.139 e. The lowest BCUT2D eigenvalue weighted by molar-refractivity contribution is 0.350. The topological polar surface area (TPSA) is 59.7 Å². The third-order valence-corrected chi connectivity index (χ3v) is 4.25. The van der Waals surface area contributed by atoms with Crippen LogP contribution < -0.4 is 4.90 Å². The van der Waals surface area contributed by atoms with Gasteiger partial charge in [-0.1, -0.05) is 12.1 Å². The molecule has 3 aromatic rings. The van der Waals surface area contributed by atoms with Gasteiger partial charge in [0.15, 0.2) is 0 Å². The molecule has 1 aliphatic rings. The number of aromatic nitrogens is 5. The van der Waals surface area contributed by atoms with E-state index in [0.29, 0.717) is 5.92 Å². The zero-order valence-corrected chi connectivity index (χ0v) is 12.3. The fraction of sp³-hybridized carbons (Fsp3) is 0.375. The number of anilines is 1. The fourth-order valence-electron chi connectivity index (χ4n) is 3.24. The average Bonchev–Trinajstić information content (AvgIpc) is 3.07. The molecular weight excluding hydrogens is 276 g/mol. The fourth-order valence-corrected chi connectivity index (χ4v) is 3.24. The number of fused-ring (bicyclic) bond motifs is 1. The molecule has 4 rings (SSSR count). The van der Waals surface area contributed by atoms with Gasteiger partial charge >= 0.3 is 0 Å². The Morgan fingerprint density at radius 1 is 1.14 bits per heavy atom. The summed E-state index contributed by atoms with van der Waals surface area (Å²) >= 11 is 0. The highest BCUT2D eigenvalue weighted by Gasteiger charge is 2.22. The first-order valence-corrected chi connectivity index (χ1v) is 7.67. The molecule has 0 aliphatic carbocycles. The van der Waals surface area contributed by atoms with Gasteiger partial charge in [-0.2, -0.15) is 5.10 Å². The van der Waals surface area contributed by atoms with E-state index in [4.69, 9.17) is 0 Å². The maximum absolute atomic E-state index is 4.54. The Bertz CT molecular complexity index is 749. The van der Waals surface area contributed by atoms with Gasteiger partial charge in [0.1, 0.15) is 24.8 Å². The van der Waals surface area contributed by atoms with E-state index in [-0.39, 0.29) is 0 Å². The normalized spacial score (nSPS) is 18.7. The van der Waals surface area contributed by atoms with Crippen molar-refractivity contribution in [2.75, 3.05) is 18.0 Å². The van der Waals surface area contributed by atoms with Crippen molar-refractivity contribution < 1.29 is 0 Å². The minimum Gasteiger partial charge on any atom is -0.356 e. The van der Waals surface area contributed by atoms with E-state index in [1.807, 2.05) is 22.9 Å². The first-order chi connectivity index (χ1) is 10.9. The molecule has 0 spiro atoms. The Labute approximate surface area is 128 Å². The molecule has 1 aliphatic heterocycles. The first-order valence-electron chi connectivity index (χ1n) is 7.67. The second kappa shape index (κ2) is 5.71. The van der Waals surface area contributed by atoms with Crippen molar-refractivity contribution in [3.63, 3.8) is 0 Å². The summed E-state index contributed by atoms with van der Waals surface area (Å²) in [5, 5.41) is 5.35. The van der Waals surface area contributed by atoms with Gasteiger partial charge in [-0.25, -0.2) is 15.0 Å². The molecule has 0 N–H and O–H groups in total. The van der Waals surface area contributed by atoms with E-state index in [9.17, 15) is 0 Å². The summed E-state index contributed by atoms with van der Waals surface area (Å²) in [5.74, 6) is 1.62. The molecule has 1 saturated heterocycles. The molecular formula is C16H18N6. The molecule has 6 heteroatoms. The van der Waals surface area contributed by atoms with Crippen LogP contribution in [0, 0.1) is 5.92 Å². The van der Waals surface area contributed by atoms with Gasteiger partial charge in [0, 0.05) is 25.0 Å². The lowest BCUT2D eigenvalue weighted by Crippen LogP contribution is -2.37. The van der Waals surface area contributed by atoms with Gasteiger partial charge in [0.25, 0.3) is 0 Å². The van der Waals surface area contributed by atoms with Crippen LogP contribution in [-0.4, -0.2) is 37.8 Å². The molecule has 1 aromatic carbocycles. The lowest BCUT2D eigenvalue weighted by atomic mass is 9.98. The van der Waals surface area contributed by atoms with Crippen LogP contribution in [0.4, 0.5) is 5.82 Å². The van der Waals surface area contributed by atoms with Crippen LogP contribution >= 0.6 is 0 Å². The predicted molar refractivity (Wildman–Crippen MR) is 84.5 cm³/mol. The molecule has 2 aromatic heterocycles. The Morgan fingerprint density at radius 3 is 3.00 bits per heavy atom. The molecule has 112 valence electrons. The Kier molecular flexibility index (Phi) is 3.42. The van der Waals surface area contributed by atoms with Crippen LogP contribution in [0.2, 0.25) is 0 Å². The Morgan fingerprint density at radius 2 is 2.09 bits per heavy atom. The van der Waals surface area contributed by atoms with Crippen LogP contribution in [-0.2, 0) is 6.54 Å². The van der Waals surface area contributed by atoms with Crippen molar-refractivity contribution in [1.82, 2.24) is 24.7 Å². The summed E-state index contributed by atoms with van der Waals surface area (Å²) in [5.41, 5.74) is 1.01. The molecule has 1 atom stereocenters. The second-order valence-corrected chi connectivity index (χ2v) is 5.79. The largest absolute Gasteiger partial charge is 0.356 e. The standard InChI is InChI=1S/C16H18N6/c1-2-6-15-14(5-1)16(19-11-18-15)21-7-3-4-13(8-21)9-22-12-17-10-20-22/h1-2,5-6,10-13H,3-4,7-9H2. The van der Waals surface area contributed by atoms with Gasteiger partial charge in [-0.05, 0) is 30.9 Å². The minimum absolute atomic E-state index is 0.573. The van der Waals surface area contributed by atoms with Crippen molar-refractivity contribution in [2.45, 2.75) is 19.4 Å². The van der Waals surface area contributed by atoms with E-state index in [1.165, 1.54) is 12.8 Å². The number of nitrogens with zero attached hydrogens (tertiary/aromatic N) is 6. The summed E-state index contributed by atoms with van der Waals surface area (Å²) in [6.45, 7) is 2.97. The molecule has 3 heterocycles. The molecule has 22 heavy (non-hydrogen) atoms. The van der Waals surface area contributed by atoms with E-state index in [2.05, 4.69) is 31.0 Å². The summed E-state index contributed by atoms with van der Waals surface area (Å²) in [6.07, 6.45) is 7.45. The number of para-hydroxylation sites is 1. The molecule has 0 saturated carbocycles. The highest BCUT2D eigenvalue weighted by Crippen LogP contribution is 2.27. The van der Waals surface area contributed by atoms with Crippen LogP contribution in [0.15, 0.2) is 43.2 Å². The van der Waals surface area contributed by atoms with E-state index < -0.39 is 0 Å². The predicted octanol–water partition coefficient (Wildman–Crippen LogP) is 2.14. The quantitative estimate of drug-likeness (QED) is 0.740. The molecule has 0 radical (unpaired) electrons. The summed E-state index contributed by atoms with van der Waals surface area (Å²) < 4.78 is 1.92. The van der Waals surface area contributed by atoms with Gasteiger partial charge in [-0.3, -0.25) is 4.68 Å². The van der Waals surface area contributed by atoms with Gasteiger partial charge in [-0.15, -0.1) is 0 Å². The third kappa shape index (κ3) is 2.52. The highest BCUT2D eigenvalue weighted by molar-refractivity contribution is 5.89. The van der Waals surface area contributed by atoms with Crippen molar-refractivity contribution >= 4 is 16.7 Å². The maximum atomic E-state index is 4.54. The summed E-state index contributed by atoms with van der Waals surface area (Å²) in [4.78, 5) is 15.3. The van der Waals surface area contributed by atoms with E-state index in [1.54, 1.807) is 19.0 Å². The highest BCUT2D eigenvalue weighted by atomic mass is 15.3. The summed E-state index contributed by atoms with van der Waals surface area (Å²) in [7, 11) is 0. The molecule has 0 amide bonds. The van der Waals surface area contributed by atoms with Crippen molar-refractivity contribution in [1.29, 1.82) is 0 Å². The Balaban J connectivity index is 1.58. The van der Waals surface area contributed by atoms with Crippen LogP contribution in [0.5, 0.6) is 0 Å². The van der Waals surface area contributed by atoms with Crippen molar-refractivity contribution in [3.8, 4) is 0 Å². The second-order valence-electron chi connectivity index (χ2n) is 5.79. The third-order valence-electron chi connectivity index (χ3n) is 4.25. The van der Waals surface area contributed by atoms with E-state index >= 15 is 0 Å². The Hall–Kier alpha value is -2.50. The number of hydrogen-bond acceptors (Lipinski definition) is 5. The van der Waals surface area contributed by atoms with Crippen LogP contribution in [0.3, 0.4) is 0 Å². The maximum Gasteiger partial charge on any atom is 0.139 e. The number of rotatable bonds is 3. The average molecular weight is 294 g/mol. The van der Waals surface area contributed by atoms with Gasteiger partial charge in [0.05, 0.1) is 5.52 Å². The van der Waals surface area contributed by atoms with Crippen LogP contribution in [0.1, 0.15) is 12.8 Å². The zero-order chi connectivity index (χ0) is 14.8. The minimum atomic E-state index is 0.573. The SMILES string of the molecule is c1ccc2c(N3CCCC(Cn4cncn4)C3)ncnc2c1. The molecule has 0 bridgehead atoms. The molecule has 1 unspecified atom stereocenters. The zero-order valence-electron chi connectivity index (χ0n) is 12.3. The summed E-state index contributed by atoms with van der Waals surface area (Å²) in [6, 6.07) is 8.21.